The van der Waals surface area contributed by atoms with Crippen molar-refractivity contribution in [1.82, 2.24) is 24.4 Å². The number of piperidine rings is 1. The first-order chi connectivity index (χ1) is 15.4. The topological polar surface area (TPSA) is 100 Å². The highest BCUT2D eigenvalue weighted by Gasteiger charge is 2.35. The van der Waals surface area contributed by atoms with Crippen molar-refractivity contribution in [2.75, 3.05) is 19.7 Å². The number of nitrogens with zero attached hydrogens (tertiary/aromatic N) is 4. The van der Waals surface area contributed by atoms with E-state index in [9.17, 15) is 14.4 Å². The van der Waals surface area contributed by atoms with Crippen molar-refractivity contribution < 1.29 is 14.3 Å². The maximum absolute atomic E-state index is 13.3. The fourth-order valence-corrected chi connectivity index (χ4v) is 5.20. The molecule has 2 aromatic heterocycles. The summed E-state index contributed by atoms with van der Waals surface area (Å²) in [4.78, 5) is 47.2. The van der Waals surface area contributed by atoms with Gasteiger partial charge in [0.05, 0.1) is 29.5 Å². The summed E-state index contributed by atoms with van der Waals surface area (Å²) in [5, 5.41) is 3.23. The van der Waals surface area contributed by atoms with Gasteiger partial charge >= 0.3 is 0 Å². The SMILES string of the molecule is CC(C)C(=O)N1CCc2nc3cc([C@H]4CCCCN4C(=O)[C@H]4CCCO4)[nH]n3c(=O)c2C1. The van der Waals surface area contributed by atoms with Gasteiger partial charge in [-0.2, -0.15) is 0 Å². The summed E-state index contributed by atoms with van der Waals surface area (Å²) in [5.41, 5.74) is 2.59. The minimum absolute atomic E-state index is 0.0493. The Morgan fingerprint density at radius 1 is 1.19 bits per heavy atom. The number of likely N-dealkylation sites (tertiary alicyclic amines) is 1. The molecule has 2 fully saturated rings. The van der Waals surface area contributed by atoms with Crippen LogP contribution in [0.3, 0.4) is 0 Å². The Balaban J connectivity index is 1.47. The normalized spacial score (nSPS) is 23.7. The van der Waals surface area contributed by atoms with Gasteiger partial charge in [0.15, 0.2) is 5.65 Å². The number of ether oxygens (including phenoxy) is 1. The largest absolute Gasteiger partial charge is 0.368 e. The van der Waals surface area contributed by atoms with Crippen LogP contribution in [0.15, 0.2) is 10.9 Å². The van der Waals surface area contributed by atoms with Crippen molar-refractivity contribution in [3.8, 4) is 0 Å². The lowest BCUT2D eigenvalue weighted by atomic mass is 9.98. The van der Waals surface area contributed by atoms with Crippen LogP contribution in [-0.2, 0) is 27.3 Å². The number of rotatable bonds is 3. The molecule has 0 radical (unpaired) electrons. The van der Waals surface area contributed by atoms with Gasteiger partial charge in [-0.05, 0) is 32.1 Å². The van der Waals surface area contributed by atoms with Gasteiger partial charge in [-0.3, -0.25) is 19.5 Å². The first kappa shape index (κ1) is 21.2. The number of aromatic amines is 1. The van der Waals surface area contributed by atoms with Crippen LogP contribution in [0.4, 0.5) is 0 Å². The smallest absolute Gasteiger partial charge is 0.277 e. The number of hydrogen-bond acceptors (Lipinski definition) is 5. The quantitative estimate of drug-likeness (QED) is 0.783. The second-order valence-electron chi connectivity index (χ2n) is 9.46. The lowest BCUT2D eigenvalue weighted by Crippen LogP contribution is -2.44. The number of amides is 2. The third-order valence-electron chi connectivity index (χ3n) is 6.94. The van der Waals surface area contributed by atoms with E-state index in [4.69, 9.17) is 9.72 Å². The average Bonchev–Trinajstić information content (AvgIpc) is 3.48. The van der Waals surface area contributed by atoms with Crippen molar-refractivity contribution in [3.05, 3.63) is 33.4 Å². The zero-order valence-corrected chi connectivity index (χ0v) is 18.8. The van der Waals surface area contributed by atoms with Crippen LogP contribution in [0, 0.1) is 5.92 Å². The molecule has 5 rings (SSSR count). The molecule has 0 aliphatic carbocycles. The number of carbonyl (C=O) groups is 2. The minimum atomic E-state index is -0.349. The van der Waals surface area contributed by atoms with Crippen molar-refractivity contribution in [3.63, 3.8) is 0 Å². The number of H-pyrrole nitrogens is 1. The fraction of sp³-hybridized carbons (Fsp3) is 0.652. The summed E-state index contributed by atoms with van der Waals surface area (Å²) in [6.07, 6.45) is 4.76. The van der Waals surface area contributed by atoms with E-state index in [2.05, 4.69) is 5.10 Å². The van der Waals surface area contributed by atoms with E-state index in [0.717, 1.165) is 43.5 Å². The summed E-state index contributed by atoms with van der Waals surface area (Å²) < 4.78 is 7.12. The van der Waals surface area contributed by atoms with Gasteiger partial charge < -0.3 is 14.5 Å². The standard InChI is InChI=1S/C23H31N5O4/c1-14(2)21(29)26-10-8-16-15(13-26)22(30)28-20(24-16)12-17(25-28)18-6-3-4-9-27(18)23(31)19-7-5-11-32-19/h12,14,18-19,25H,3-11,13H2,1-2H3/t18-,19-/m1/s1. The molecule has 0 unspecified atom stereocenters. The highest BCUT2D eigenvalue weighted by atomic mass is 16.5. The maximum atomic E-state index is 13.3. The molecule has 2 saturated heterocycles. The summed E-state index contributed by atoms with van der Waals surface area (Å²) in [7, 11) is 0. The molecule has 3 aliphatic rings. The lowest BCUT2D eigenvalue weighted by Gasteiger charge is -2.36. The first-order valence-corrected chi connectivity index (χ1v) is 11.8. The second kappa shape index (κ2) is 8.35. The molecule has 5 heterocycles. The van der Waals surface area contributed by atoms with Crippen LogP contribution in [0.5, 0.6) is 0 Å². The summed E-state index contributed by atoms with van der Waals surface area (Å²) in [6.45, 7) is 5.96. The molecular formula is C23H31N5O4. The molecule has 2 amide bonds. The Morgan fingerprint density at radius 2 is 2.03 bits per heavy atom. The van der Waals surface area contributed by atoms with E-state index in [0.29, 0.717) is 43.9 Å². The predicted octanol–water partition coefficient (Wildman–Crippen LogP) is 1.80. The zero-order valence-electron chi connectivity index (χ0n) is 18.8. The zero-order chi connectivity index (χ0) is 22.4. The lowest BCUT2D eigenvalue weighted by molar-refractivity contribution is -0.145. The Bertz CT molecular complexity index is 1100. The molecule has 32 heavy (non-hydrogen) atoms. The summed E-state index contributed by atoms with van der Waals surface area (Å²) in [6, 6.07) is 1.79. The third-order valence-corrected chi connectivity index (χ3v) is 6.94. The molecule has 0 saturated carbocycles. The molecular weight excluding hydrogens is 410 g/mol. The van der Waals surface area contributed by atoms with Gasteiger partial charge in [0.25, 0.3) is 11.5 Å². The molecule has 2 atom stereocenters. The predicted molar refractivity (Wildman–Crippen MR) is 117 cm³/mol. The van der Waals surface area contributed by atoms with Crippen molar-refractivity contribution in [1.29, 1.82) is 0 Å². The number of carbonyl (C=O) groups excluding carboxylic acids is 2. The van der Waals surface area contributed by atoms with E-state index in [1.807, 2.05) is 24.8 Å². The molecule has 0 aromatic carbocycles. The number of nitrogens with one attached hydrogen (secondary N) is 1. The van der Waals surface area contributed by atoms with Gasteiger partial charge in [0.1, 0.15) is 6.10 Å². The molecule has 0 spiro atoms. The van der Waals surface area contributed by atoms with Gasteiger partial charge in [-0.25, -0.2) is 9.50 Å². The highest BCUT2D eigenvalue weighted by molar-refractivity contribution is 5.81. The molecule has 3 aliphatic heterocycles. The van der Waals surface area contributed by atoms with E-state index in [1.54, 1.807) is 4.90 Å². The van der Waals surface area contributed by atoms with Crippen LogP contribution in [0.2, 0.25) is 0 Å². The van der Waals surface area contributed by atoms with Gasteiger partial charge in [0, 0.05) is 38.1 Å². The van der Waals surface area contributed by atoms with E-state index in [-0.39, 0.29) is 35.4 Å². The highest BCUT2D eigenvalue weighted by Crippen LogP contribution is 2.32. The number of fused-ring (bicyclic) bond motifs is 2. The third kappa shape index (κ3) is 3.62. The Labute approximate surface area is 186 Å². The van der Waals surface area contributed by atoms with Gasteiger partial charge in [-0.15, -0.1) is 0 Å². The van der Waals surface area contributed by atoms with Crippen LogP contribution in [-0.4, -0.2) is 62.0 Å². The van der Waals surface area contributed by atoms with Crippen LogP contribution in [0.25, 0.3) is 5.65 Å². The Morgan fingerprint density at radius 3 is 2.78 bits per heavy atom. The van der Waals surface area contributed by atoms with E-state index < -0.39 is 0 Å². The van der Waals surface area contributed by atoms with E-state index in [1.165, 1.54) is 4.52 Å². The first-order valence-electron chi connectivity index (χ1n) is 11.8. The Hall–Kier alpha value is -2.68. The number of hydrogen-bond donors (Lipinski definition) is 1. The molecule has 0 bridgehead atoms. The monoisotopic (exact) mass is 441 g/mol. The van der Waals surface area contributed by atoms with Crippen LogP contribution >= 0.6 is 0 Å². The number of aromatic nitrogens is 3. The summed E-state index contributed by atoms with van der Waals surface area (Å²) in [5.74, 6) is -0.00198. The Kier molecular flexibility index (Phi) is 5.53. The molecule has 2 aromatic rings. The van der Waals surface area contributed by atoms with Gasteiger partial charge in [-0.1, -0.05) is 13.8 Å². The van der Waals surface area contributed by atoms with E-state index >= 15 is 0 Å². The molecule has 9 nitrogen and oxygen atoms in total. The van der Waals surface area contributed by atoms with Crippen LogP contribution < -0.4 is 5.56 Å². The minimum Gasteiger partial charge on any atom is -0.368 e. The average molecular weight is 442 g/mol. The van der Waals surface area contributed by atoms with Crippen molar-refractivity contribution in [2.24, 2.45) is 5.92 Å². The summed E-state index contributed by atoms with van der Waals surface area (Å²) >= 11 is 0. The maximum Gasteiger partial charge on any atom is 0.277 e. The second-order valence-corrected chi connectivity index (χ2v) is 9.46. The van der Waals surface area contributed by atoms with Crippen molar-refractivity contribution in [2.45, 2.75) is 71.1 Å². The van der Waals surface area contributed by atoms with Crippen LogP contribution in [0.1, 0.15) is 68.9 Å². The molecule has 1 N–H and O–H groups in total. The molecule has 172 valence electrons. The molecule has 9 heteroatoms. The fourth-order valence-electron chi connectivity index (χ4n) is 5.20. The van der Waals surface area contributed by atoms with Crippen molar-refractivity contribution >= 4 is 17.5 Å². The van der Waals surface area contributed by atoms with Gasteiger partial charge in [0.2, 0.25) is 5.91 Å².